The lowest BCUT2D eigenvalue weighted by Crippen LogP contribution is -2.36. The maximum atomic E-state index is 12.8. The molecule has 4 aromatic rings. The van der Waals surface area contributed by atoms with Crippen LogP contribution in [0, 0.1) is 0 Å². The van der Waals surface area contributed by atoms with Gasteiger partial charge in [0, 0.05) is 23.1 Å². The molecule has 2 aromatic carbocycles. The van der Waals surface area contributed by atoms with Crippen LogP contribution in [0.2, 0.25) is 0 Å². The third kappa shape index (κ3) is 3.48. The number of carbonyl (C=O) groups excluding carboxylic acids is 1. The van der Waals surface area contributed by atoms with Crippen LogP contribution in [0.25, 0.3) is 22.3 Å². The van der Waals surface area contributed by atoms with Crippen LogP contribution in [0.4, 0.5) is 5.13 Å². The Morgan fingerprint density at radius 2 is 2.00 bits per heavy atom. The van der Waals surface area contributed by atoms with Gasteiger partial charge < -0.3 is 9.55 Å². The monoisotopic (exact) mass is 432 g/mol. The van der Waals surface area contributed by atoms with Crippen LogP contribution in [0.5, 0.6) is 0 Å². The van der Waals surface area contributed by atoms with Crippen molar-refractivity contribution >= 4 is 33.4 Å². The highest BCUT2D eigenvalue weighted by Crippen LogP contribution is 2.30. The molecule has 2 aromatic heterocycles. The van der Waals surface area contributed by atoms with E-state index in [0.29, 0.717) is 28.3 Å². The molecule has 0 unspecified atom stereocenters. The Balaban J connectivity index is 1.40. The molecule has 31 heavy (non-hydrogen) atoms. The Morgan fingerprint density at radius 3 is 2.84 bits per heavy atom. The summed E-state index contributed by atoms with van der Waals surface area (Å²) in [7, 11) is 0. The topological polar surface area (TPSA) is 96.9 Å². The highest BCUT2D eigenvalue weighted by Gasteiger charge is 2.15. The first kappa shape index (κ1) is 19.4. The molecule has 0 radical (unpaired) electrons. The van der Waals surface area contributed by atoms with Gasteiger partial charge in [0.15, 0.2) is 5.13 Å². The van der Waals surface area contributed by atoms with Crippen LogP contribution in [0.1, 0.15) is 34.8 Å². The molecule has 1 aliphatic rings. The Labute approximate surface area is 181 Å². The van der Waals surface area contributed by atoms with E-state index in [0.717, 1.165) is 24.1 Å². The molecule has 0 aliphatic heterocycles. The molecular weight excluding hydrogens is 412 g/mol. The minimum absolute atomic E-state index is 0.327. The number of nitrogens with one attached hydrogen (secondary N) is 2. The van der Waals surface area contributed by atoms with Gasteiger partial charge in [-0.1, -0.05) is 12.1 Å². The maximum Gasteiger partial charge on any atom is 0.316 e. The Hall–Kier alpha value is -3.52. The minimum atomic E-state index is -0.703. The zero-order valence-electron chi connectivity index (χ0n) is 16.9. The molecule has 2 N–H and O–H groups in total. The predicted octanol–water partition coefficient (Wildman–Crippen LogP) is 3.57. The van der Waals surface area contributed by atoms with E-state index in [9.17, 15) is 14.4 Å². The van der Waals surface area contributed by atoms with Gasteiger partial charge in [0.05, 0.1) is 16.7 Å². The second kappa shape index (κ2) is 7.63. The summed E-state index contributed by atoms with van der Waals surface area (Å²) in [5.41, 5.74) is 4.78. The van der Waals surface area contributed by atoms with Gasteiger partial charge in [-0.05, 0) is 61.6 Å². The van der Waals surface area contributed by atoms with E-state index < -0.39 is 11.1 Å². The average Bonchev–Trinajstić information content (AvgIpc) is 3.43. The fourth-order valence-corrected chi connectivity index (χ4v) is 4.81. The molecule has 1 aliphatic carbocycles. The average molecular weight is 433 g/mol. The molecule has 8 heteroatoms. The first-order chi connectivity index (χ1) is 15.0. The molecule has 2 heterocycles. The van der Waals surface area contributed by atoms with Gasteiger partial charge in [0.2, 0.25) is 0 Å². The van der Waals surface area contributed by atoms with Crippen LogP contribution in [0.3, 0.4) is 0 Å². The third-order valence-corrected chi connectivity index (χ3v) is 6.43. The highest BCUT2D eigenvalue weighted by atomic mass is 32.1. The smallest absolute Gasteiger partial charge is 0.316 e. The van der Waals surface area contributed by atoms with Crippen LogP contribution in [-0.4, -0.2) is 20.4 Å². The van der Waals surface area contributed by atoms with Gasteiger partial charge in [-0.3, -0.25) is 19.7 Å². The van der Waals surface area contributed by atoms with Crippen molar-refractivity contribution in [2.24, 2.45) is 0 Å². The van der Waals surface area contributed by atoms with Crippen molar-refractivity contribution in [1.29, 1.82) is 0 Å². The summed E-state index contributed by atoms with van der Waals surface area (Å²) in [6.45, 7) is 2.16. The number of hydrogen-bond donors (Lipinski definition) is 2. The van der Waals surface area contributed by atoms with E-state index in [2.05, 4.69) is 33.5 Å². The van der Waals surface area contributed by atoms with Gasteiger partial charge in [-0.25, -0.2) is 4.98 Å². The Kier molecular flexibility index (Phi) is 4.78. The summed E-state index contributed by atoms with van der Waals surface area (Å²) in [6, 6.07) is 11.3. The van der Waals surface area contributed by atoms with E-state index in [1.807, 2.05) is 5.38 Å². The minimum Gasteiger partial charge on any atom is -0.316 e. The fourth-order valence-electron chi connectivity index (χ4n) is 4.10. The van der Waals surface area contributed by atoms with Crippen molar-refractivity contribution in [3.05, 3.63) is 79.2 Å². The van der Waals surface area contributed by atoms with Crippen molar-refractivity contribution in [3.63, 3.8) is 0 Å². The summed E-state index contributed by atoms with van der Waals surface area (Å²) in [5, 5.41) is 5.27. The summed E-state index contributed by atoms with van der Waals surface area (Å²) in [6.07, 6.45) is 3.44. The van der Waals surface area contributed by atoms with Gasteiger partial charge in [0.1, 0.15) is 0 Å². The number of hydrogen-bond acceptors (Lipinski definition) is 5. The first-order valence-electron chi connectivity index (χ1n) is 10.2. The summed E-state index contributed by atoms with van der Waals surface area (Å²) in [4.78, 5) is 43.8. The molecule has 7 nitrogen and oxygen atoms in total. The first-order valence-corrected chi connectivity index (χ1v) is 11.1. The number of amides is 1. The molecule has 0 fully saturated rings. The van der Waals surface area contributed by atoms with Crippen LogP contribution in [-0.2, 0) is 19.4 Å². The van der Waals surface area contributed by atoms with Crippen molar-refractivity contribution < 1.29 is 4.79 Å². The maximum absolute atomic E-state index is 12.8. The lowest BCUT2D eigenvalue weighted by atomic mass is 10.1. The number of anilines is 1. The second-order valence-electron chi connectivity index (χ2n) is 7.56. The number of benzene rings is 2. The summed E-state index contributed by atoms with van der Waals surface area (Å²) in [5.74, 6) is -0.327. The van der Waals surface area contributed by atoms with E-state index in [4.69, 9.17) is 0 Å². The van der Waals surface area contributed by atoms with E-state index in [1.54, 1.807) is 25.1 Å². The van der Waals surface area contributed by atoms with E-state index in [1.165, 1.54) is 33.5 Å². The van der Waals surface area contributed by atoms with E-state index >= 15 is 0 Å². The molecule has 5 rings (SSSR count). The quantitative estimate of drug-likeness (QED) is 0.482. The second-order valence-corrected chi connectivity index (χ2v) is 8.42. The van der Waals surface area contributed by atoms with Gasteiger partial charge in [-0.2, -0.15) is 0 Å². The number of thiazole rings is 1. The number of nitrogens with zero attached hydrogens (tertiary/aromatic N) is 2. The number of aryl methyl sites for hydroxylation is 3. The third-order valence-electron chi connectivity index (χ3n) is 5.67. The number of aromatic nitrogens is 3. The normalized spacial score (nSPS) is 12.8. The lowest BCUT2D eigenvalue weighted by Gasteiger charge is -2.08. The number of aromatic amines is 1. The van der Waals surface area contributed by atoms with Gasteiger partial charge in [-0.15, -0.1) is 11.3 Å². The SMILES string of the molecule is CCn1c(=O)c(=O)[nH]c2cc(C(=O)Nc3nc(-c4ccc5c(c4)CCC5)cs3)ccc21. The van der Waals surface area contributed by atoms with Crippen LogP contribution >= 0.6 is 11.3 Å². The van der Waals surface area contributed by atoms with Crippen LogP contribution in [0.15, 0.2) is 51.4 Å². The number of H-pyrrole nitrogens is 1. The molecule has 1 amide bonds. The number of carbonyl (C=O) groups is 1. The molecule has 156 valence electrons. The van der Waals surface area contributed by atoms with Crippen molar-refractivity contribution in [2.75, 3.05) is 5.32 Å². The predicted molar refractivity (Wildman–Crippen MR) is 122 cm³/mol. The van der Waals surface area contributed by atoms with Crippen molar-refractivity contribution in [3.8, 4) is 11.3 Å². The summed E-state index contributed by atoms with van der Waals surface area (Å²) < 4.78 is 1.39. The molecule has 0 spiro atoms. The number of rotatable bonds is 4. The van der Waals surface area contributed by atoms with Crippen LogP contribution < -0.4 is 16.4 Å². The van der Waals surface area contributed by atoms with E-state index in [-0.39, 0.29) is 5.91 Å². The van der Waals surface area contributed by atoms with Gasteiger partial charge in [0.25, 0.3) is 5.91 Å². The molecule has 0 atom stereocenters. The van der Waals surface area contributed by atoms with Gasteiger partial charge >= 0.3 is 11.1 Å². The van der Waals surface area contributed by atoms with Crippen molar-refractivity contribution in [1.82, 2.24) is 14.5 Å². The zero-order valence-corrected chi connectivity index (χ0v) is 17.7. The number of fused-ring (bicyclic) bond motifs is 2. The zero-order chi connectivity index (χ0) is 21.5. The Bertz CT molecular complexity index is 1450. The molecular formula is C23H20N4O3S. The highest BCUT2D eigenvalue weighted by molar-refractivity contribution is 7.14. The fraction of sp³-hybridized carbons (Fsp3) is 0.217. The summed E-state index contributed by atoms with van der Waals surface area (Å²) >= 11 is 1.37. The lowest BCUT2D eigenvalue weighted by molar-refractivity contribution is 0.102. The molecule has 0 saturated heterocycles. The Morgan fingerprint density at radius 1 is 1.16 bits per heavy atom. The molecule has 0 bridgehead atoms. The standard InChI is InChI=1S/C23H20N4O3S/c1-2-27-19-9-8-16(11-17(19)24-21(29)22(27)30)20(28)26-23-25-18(12-31-23)15-7-6-13-4-3-5-14(13)10-15/h6-12H,2-5H2,1H3,(H,24,29)(H,25,26,28). The molecule has 0 saturated carbocycles. The van der Waals surface area contributed by atoms with Crippen molar-refractivity contribution in [2.45, 2.75) is 32.7 Å². The largest absolute Gasteiger partial charge is 0.316 e.